The van der Waals surface area contributed by atoms with Crippen LogP contribution in [0, 0.1) is 5.41 Å². The molecule has 0 heterocycles. The van der Waals surface area contributed by atoms with Crippen LogP contribution in [0.5, 0.6) is 0 Å². The number of carbonyl (C=O) groups is 1. The van der Waals surface area contributed by atoms with Gasteiger partial charge in [-0.05, 0) is 42.0 Å². The SMILES string of the molecule is CCOC(=O)c1ccc2c(c1)C=CC(C)(C)C2. The third kappa shape index (κ3) is 2.57. The Morgan fingerprint density at radius 1 is 1.41 bits per heavy atom. The van der Waals surface area contributed by atoms with Gasteiger partial charge in [-0.15, -0.1) is 0 Å². The first kappa shape index (κ1) is 11.9. The van der Waals surface area contributed by atoms with Crippen molar-refractivity contribution in [1.29, 1.82) is 0 Å². The van der Waals surface area contributed by atoms with Gasteiger partial charge < -0.3 is 4.74 Å². The second-order valence-electron chi connectivity index (χ2n) is 5.13. The second kappa shape index (κ2) is 4.36. The van der Waals surface area contributed by atoms with Gasteiger partial charge in [0.2, 0.25) is 0 Å². The van der Waals surface area contributed by atoms with E-state index in [2.05, 4.69) is 26.0 Å². The van der Waals surface area contributed by atoms with Crippen LogP contribution in [0.3, 0.4) is 0 Å². The summed E-state index contributed by atoms with van der Waals surface area (Å²) in [4.78, 5) is 11.6. The third-order valence-electron chi connectivity index (χ3n) is 3.02. The van der Waals surface area contributed by atoms with Gasteiger partial charge in [-0.3, -0.25) is 0 Å². The van der Waals surface area contributed by atoms with E-state index < -0.39 is 0 Å². The molecule has 17 heavy (non-hydrogen) atoms. The van der Waals surface area contributed by atoms with Crippen LogP contribution in [0.25, 0.3) is 6.08 Å². The van der Waals surface area contributed by atoms with Crippen molar-refractivity contribution in [1.82, 2.24) is 0 Å². The predicted octanol–water partition coefficient (Wildman–Crippen LogP) is 3.46. The van der Waals surface area contributed by atoms with Gasteiger partial charge in [0.25, 0.3) is 0 Å². The average Bonchev–Trinajstić information content (AvgIpc) is 2.27. The van der Waals surface area contributed by atoms with Crippen LogP contribution in [-0.4, -0.2) is 12.6 Å². The van der Waals surface area contributed by atoms with E-state index in [1.54, 1.807) is 0 Å². The first-order valence-electron chi connectivity index (χ1n) is 6.01. The van der Waals surface area contributed by atoms with Gasteiger partial charge in [-0.1, -0.05) is 32.1 Å². The Balaban J connectivity index is 2.30. The molecule has 2 heteroatoms. The lowest BCUT2D eigenvalue weighted by atomic mass is 9.79. The summed E-state index contributed by atoms with van der Waals surface area (Å²) in [6.07, 6.45) is 5.31. The zero-order valence-electron chi connectivity index (χ0n) is 10.6. The van der Waals surface area contributed by atoms with E-state index in [1.165, 1.54) is 5.56 Å². The summed E-state index contributed by atoms with van der Waals surface area (Å²) in [6.45, 7) is 6.66. The molecule has 0 unspecified atom stereocenters. The highest BCUT2D eigenvalue weighted by Gasteiger charge is 2.21. The number of allylic oxidation sites excluding steroid dienone is 1. The quantitative estimate of drug-likeness (QED) is 0.727. The smallest absolute Gasteiger partial charge is 0.338 e. The highest BCUT2D eigenvalue weighted by Crippen LogP contribution is 2.32. The van der Waals surface area contributed by atoms with Gasteiger partial charge in [0.15, 0.2) is 0 Å². The van der Waals surface area contributed by atoms with Crippen molar-refractivity contribution in [3.05, 3.63) is 41.0 Å². The molecule has 0 spiro atoms. The fourth-order valence-corrected chi connectivity index (χ4v) is 2.12. The Morgan fingerprint density at radius 2 is 2.18 bits per heavy atom. The van der Waals surface area contributed by atoms with E-state index in [1.807, 2.05) is 25.1 Å². The van der Waals surface area contributed by atoms with Crippen LogP contribution in [0.4, 0.5) is 0 Å². The Labute approximate surface area is 102 Å². The maximum atomic E-state index is 11.6. The molecule has 0 saturated heterocycles. The number of rotatable bonds is 2. The molecule has 1 aliphatic carbocycles. The highest BCUT2D eigenvalue weighted by molar-refractivity contribution is 5.90. The zero-order chi connectivity index (χ0) is 12.5. The molecular weight excluding hydrogens is 212 g/mol. The summed E-state index contributed by atoms with van der Waals surface area (Å²) in [5.74, 6) is -0.242. The Morgan fingerprint density at radius 3 is 2.88 bits per heavy atom. The number of hydrogen-bond donors (Lipinski definition) is 0. The van der Waals surface area contributed by atoms with E-state index in [0.29, 0.717) is 12.2 Å². The van der Waals surface area contributed by atoms with Gasteiger partial charge in [-0.2, -0.15) is 0 Å². The standard InChI is InChI=1S/C15H18O2/c1-4-17-14(16)12-5-6-13-10-15(2,3)8-7-11(13)9-12/h5-9H,4,10H2,1-3H3. The number of esters is 1. The lowest BCUT2D eigenvalue weighted by molar-refractivity contribution is 0.0526. The number of carbonyl (C=O) groups excluding carboxylic acids is 1. The first-order valence-corrected chi connectivity index (χ1v) is 6.01. The normalized spacial score (nSPS) is 16.4. The summed E-state index contributed by atoms with van der Waals surface area (Å²) in [6, 6.07) is 5.80. The molecule has 0 radical (unpaired) electrons. The lowest BCUT2D eigenvalue weighted by Crippen LogP contribution is -2.16. The van der Waals surface area contributed by atoms with Gasteiger partial charge in [0.05, 0.1) is 12.2 Å². The van der Waals surface area contributed by atoms with Crippen LogP contribution < -0.4 is 0 Å². The second-order valence-corrected chi connectivity index (χ2v) is 5.13. The first-order chi connectivity index (χ1) is 8.02. The molecule has 2 nitrogen and oxygen atoms in total. The van der Waals surface area contributed by atoms with Gasteiger partial charge >= 0.3 is 5.97 Å². The average molecular weight is 230 g/mol. The molecule has 1 aromatic rings. The Kier molecular flexibility index (Phi) is 3.05. The molecule has 0 amide bonds. The highest BCUT2D eigenvalue weighted by atomic mass is 16.5. The number of ether oxygens (including phenoxy) is 1. The number of hydrogen-bond acceptors (Lipinski definition) is 2. The maximum Gasteiger partial charge on any atom is 0.338 e. The number of benzene rings is 1. The molecular formula is C15H18O2. The topological polar surface area (TPSA) is 26.3 Å². The fraction of sp³-hybridized carbons (Fsp3) is 0.400. The Hall–Kier alpha value is -1.57. The van der Waals surface area contributed by atoms with Crippen molar-refractivity contribution in [2.75, 3.05) is 6.61 Å². The molecule has 0 atom stereocenters. The van der Waals surface area contributed by atoms with Crippen molar-refractivity contribution in [3.8, 4) is 0 Å². The third-order valence-corrected chi connectivity index (χ3v) is 3.02. The molecule has 0 saturated carbocycles. The number of fused-ring (bicyclic) bond motifs is 1. The monoisotopic (exact) mass is 230 g/mol. The fourth-order valence-electron chi connectivity index (χ4n) is 2.12. The van der Waals surface area contributed by atoms with Crippen molar-refractivity contribution in [2.45, 2.75) is 27.2 Å². The predicted molar refractivity (Wildman–Crippen MR) is 68.9 cm³/mol. The molecule has 1 aromatic carbocycles. The largest absolute Gasteiger partial charge is 0.462 e. The zero-order valence-corrected chi connectivity index (χ0v) is 10.6. The van der Waals surface area contributed by atoms with Crippen molar-refractivity contribution in [2.24, 2.45) is 5.41 Å². The van der Waals surface area contributed by atoms with Crippen LogP contribution in [0.2, 0.25) is 0 Å². The van der Waals surface area contributed by atoms with Crippen LogP contribution in [0.1, 0.15) is 42.3 Å². The van der Waals surface area contributed by atoms with Crippen molar-refractivity contribution in [3.63, 3.8) is 0 Å². The molecule has 0 N–H and O–H groups in total. The molecule has 2 rings (SSSR count). The summed E-state index contributed by atoms with van der Waals surface area (Å²) in [7, 11) is 0. The van der Waals surface area contributed by atoms with E-state index in [4.69, 9.17) is 4.74 Å². The maximum absolute atomic E-state index is 11.6. The minimum absolute atomic E-state index is 0.207. The van der Waals surface area contributed by atoms with Gasteiger partial charge in [0, 0.05) is 0 Å². The Bertz CT molecular complexity index is 470. The summed E-state index contributed by atoms with van der Waals surface area (Å²) < 4.78 is 5.00. The van der Waals surface area contributed by atoms with Crippen LogP contribution >= 0.6 is 0 Å². The lowest BCUT2D eigenvalue weighted by Gasteiger charge is -2.26. The summed E-state index contributed by atoms with van der Waals surface area (Å²) in [5, 5.41) is 0. The molecule has 1 aliphatic rings. The molecule has 0 aromatic heterocycles. The summed E-state index contributed by atoms with van der Waals surface area (Å²) in [5.41, 5.74) is 3.27. The van der Waals surface area contributed by atoms with Gasteiger partial charge in [-0.25, -0.2) is 4.79 Å². The van der Waals surface area contributed by atoms with Crippen molar-refractivity contribution >= 4 is 12.0 Å². The molecule has 0 bridgehead atoms. The van der Waals surface area contributed by atoms with E-state index >= 15 is 0 Å². The molecule has 0 aliphatic heterocycles. The van der Waals surface area contributed by atoms with Crippen LogP contribution in [0.15, 0.2) is 24.3 Å². The van der Waals surface area contributed by atoms with Gasteiger partial charge in [0.1, 0.15) is 0 Å². The van der Waals surface area contributed by atoms with E-state index in [9.17, 15) is 4.79 Å². The van der Waals surface area contributed by atoms with Crippen LogP contribution in [-0.2, 0) is 11.2 Å². The minimum atomic E-state index is -0.242. The minimum Gasteiger partial charge on any atom is -0.462 e. The molecule has 0 fully saturated rings. The van der Waals surface area contributed by atoms with E-state index in [0.717, 1.165) is 12.0 Å². The molecule has 90 valence electrons. The van der Waals surface area contributed by atoms with Crippen molar-refractivity contribution < 1.29 is 9.53 Å². The van der Waals surface area contributed by atoms with E-state index in [-0.39, 0.29) is 11.4 Å². The summed E-state index contributed by atoms with van der Waals surface area (Å²) >= 11 is 0.